The van der Waals surface area contributed by atoms with Crippen LogP contribution in [0.5, 0.6) is 5.75 Å². The molecule has 0 atom stereocenters. The van der Waals surface area contributed by atoms with Gasteiger partial charge in [0.05, 0.1) is 11.9 Å². The van der Waals surface area contributed by atoms with E-state index in [4.69, 9.17) is 9.72 Å². The molecule has 4 nitrogen and oxygen atoms in total. The van der Waals surface area contributed by atoms with Gasteiger partial charge in [0.25, 0.3) is 0 Å². The number of nitrogens with zero attached hydrogens (tertiary/aromatic N) is 3. The lowest BCUT2D eigenvalue weighted by molar-refractivity contribution is 0.131. The van der Waals surface area contributed by atoms with E-state index in [1.165, 1.54) is 5.56 Å². The number of pyridine rings is 2. The second-order valence-electron chi connectivity index (χ2n) is 10.2. The second kappa shape index (κ2) is 7.52. The zero-order valence-corrected chi connectivity index (χ0v) is 19.5. The Bertz CT molecular complexity index is 1210. The molecular weight excluding hydrogens is 382 g/mol. The van der Waals surface area contributed by atoms with Gasteiger partial charge < -0.3 is 4.74 Å². The van der Waals surface area contributed by atoms with Crippen molar-refractivity contribution in [3.63, 3.8) is 0 Å². The van der Waals surface area contributed by atoms with Gasteiger partial charge in [-0.2, -0.15) is 0 Å². The highest BCUT2D eigenvalue weighted by Gasteiger charge is 2.16. The maximum absolute atomic E-state index is 5.96. The lowest BCUT2D eigenvalue weighted by Gasteiger charge is -2.21. The SMILES string of the molecule is Cc1cc2ncc(-c3ccc(OC(C)(C)C)cc3)n2cc1-c1ccc(C(C)(C)C)nc1. The third-order valence-corrected chi connectivity index (χ3v) is 5.27. The highest BCUT2D eigenvalue weighted by Crippen LogP contribution is 2.30. The average Bonchev–Trinajstić information content (AvgIpc) is 3.09. The summed E-state index contributed by atoms with van der Waals surface area (Å²) in [7, 11) is 0. The first kappa shape index (κ1) is 21.1. The molecule has 31 heavy (non-hydrogen) atoms. The van der Waals surface area contributed by atoms with Crippen LogP contribution < -0.4 is 4.74 Å². The fourth-order valence-corrected chi connectivity index (χ4v) is 3.68. The van der Waals surface area contributed by atoms with Crippen molar-refractivity contribution in [1.82, 2.24) is 14.4 Å². The van der Waals surface area contributed by atoms with Crippen molar-refractivity contribution in [3.05, 3.63) is 72.3 Å². The Morgan fingerprint density at radius 3 is 2.06 bits per heavy atom. The van der Waals surface area contributed by atoms with Crippen molar-refractivity contribution in [2.45, 2.75) is 59.5 Å². The van der Waals surface area contributed by atoms with Crippen LogP contribution in [0.3, 0.4) is 0 Å². The molecular formula is C27H31N3O. The predicted octanol–water partition coefficient (Wildman–Crippen LogP) is 6.85. The summed E-state index contributed by atoms with van der Waals surface area (Å²) in [6, 6.07) is 14.6. The molecule has 3 aromatic heterocycles. The van der Waals surface area contributed by atoms with Crippen LogP contribution in [-0.2, 0) is 5.41 Å². The van der Waals surface area contributed by atoms with Crippen LogP contribution in [-0.4, -0.2) is 20.0 Å². The number of ether oxygens (including phenoxy) is 1. The molecule has 0 amide bonds. The van der Waals surface area contributed by atoms with Gasteiger partial charge in [0, 0.05) is 40.2 Å². The average molecular weight is 414 g/mol. The van der Waals surface area contributed by atoms with E-state index in [0.29, 0.717) is 0 Å². The van der Waals surface area contributed by atoms with Crippen LogP contribution in [0, 0.1) is 6.92 Å². The van der Waals surface area contributed by atoms with E-state index in [1.807, 2.05) is 24.5 Å². The van der Waals surface area contributed by atoms with Gasteiger partial charge in [0.1, 0.15) is 17.0 Å². The van der Waals surface area contributed by atoms with E-state index < -0.39 is 0 Å². The topological polar surface area (TPSA) is 39.4 Å². The molecule has 4 aromatic rings. The van der Waals surface area contributed by atoms with E-state index in [1.54, 1.807) is 0 Å². The molecule has 0 aliphatic rings. The number of aromatic nitrogens is 3. The fraction of sp³-hybridized carbons (Fsp3) is 0.333. The van der Waals surface area contributed by atoms with Gasteiger partial charge >= 0.3 is 0 Å². The van der Waals surface area contributed by atoms with E-state index in [0.717, 1.165) is 39.5 Å². The van der Waals surface area contributed by atoms with Gasteiger partial charge in [-0.25, -0.2) is 4.98 Å². The van der Waals surface area contributed by atoms with Gasteiger partial charge in [-0.3, -0.25) is 9.38 Å². The van der Waals surface area contributed by atoms with E-state index in [-0.39, 0.29) is 11.0 Å². The normalized spacial score (nSPS) is 12.4. The summed E-state index contributed by atoms with van der Waals surface area (Å²) >= 11 is 0. The minimum atomic E-state index is -0.214. The van der Waals surface area contributed by atoms with Crippen LogP contribution in [0.1, 0.15) is 52.8 Å². The van der Waals surface area contributed by atoms with Gasteiger partial charge in [-0.15, -0.1) is 0 Å². The fourth-order valence-electron chi connectivity index (χ4n) is 3.68. The highest BCUT2D eigenvalue weighted by atomic mass is 16.5. The summed E-state index contributed by atoms with van der Waals surface area (Å²) in [5.74, 6) is 0.867. The highest BCUT2D eigenvalue weighted by molar-refractivity contribution is 5.72. The second-order valence-corrected chi connectivity index (χ2v) is 10.2. The number of hydrogen-bond acceptors (Lipinski definition) is 3. The summed E-state index contributed by atoms with van der Waals surface area (Å²) in [5.41, 5.74) is 7.47. The summed E-state index contributed by atoms with van der Waals surface area (Å²) in [5, 5.41) is 0. The summed E-state index contributed by atoms with van der Waals surface area (Å²) in [6.45, 7) is 14.8. The van der Waals surface area contributed by atoms with E-state index in [9.17, 15) is 0 Å². The maximum atomic E-state index is 5.96. The quantitative estimate of drug-likeness (QED) is 0.369. The van der Waals surface area contributed by atoms with Crippen molar-refractivity contribution < 1.29 is 4.74 Å². The summed E-state index contributed by atoms with van der Waals surface area (Å²) in [4.78, 5) is 9.35. The first-order valence-electron chi connectivity index (χ1n) is 10.8. The van der Waals surface area contributed by atoms with Crippen molar-refractivity contribution in [2.75, 3.05) is 0 Å². The monoisotopic (exact) mass is 413 g/mol. The molecule has 160 valence electrons. The molecule has 1 aromatic carbocycles. The molecule has 0 N–H and O–H groups in total. The molecule has 0 spiro atoms. The Kier molecular flexibility index (Phi) is 5.12. The standard InChI is InChI=1S/C27H31N3O/c1-18-14-25-29-16-23(19-8-11-21(12-9-19)31-27(5,6)7)30(25)17-22(18)20-10-13-24(28-15-20)26(2,3)4/h8-17H,1-7H3. The molecule has 0 aliphatic heterocycles. The predicted molar refractivity (Wildman–Crippen MR) is 128 cm³/mol. The molecule has 4 rings (SSSR count). The summed E-state index contributed by atoms with van der Waals surface area (Å²) in [6.07, 6.45) is 6.07. The van der Waals surface area contributed by atoms with E-state index >= 15 is 0 Å². The number of hydrogen-bond donors (Lipinski definition) is 0. The van der Waals surface area contributed by atoms with Crippen LogP contribution in [0.15, 0.2) is 61.1 Å². The van der Waals surface area contributed by atoms with Gasteiger partial charge in [-0.05, 0) is 69.7 Å². The van der Waals surface area contributed by atoms with Gasteiger partial charge in [-0.1, -0.05) is 26.8 Å². The lowest BCUT2D eigenvalue weighted by atomic mass is 9.91. The van der Waals surface area contributed by atoms with E-state index in [2.05, 4.69) is 94.4 Å². The molecule has 0 bridgehead atoms. The Labute approximate surface area is 185 Å². The zero-order valence-electron chi connectivity index (χ0n) is 19.5. The maximum Gasteiger partial charge on any atom is 0.137 e. The Morgan fingerprint density at radius 2 is 1.48 bits per heavy atom. The molecule has 0 unspecified atom stereocenters. The number of imidazole rings is 1. The van der Waals surface area contributed by atoms with Gasteiger partial charge in [0.2, 0.25) is 0 Å². The van der Waals surface area contributed by atoms with Gasteiger partial charge in [0.15, 0.2) is 0 Å². The first-order valence-corrected chi connectivity index (χ1v) is 10.8. The van der Waals surface area contributed by atoms with Crippen molar-refractivity contribution in [1.29, 1.82) is 0 Å². The molecule has 0 fully saturated rings. The van der Waals surface area contributed by atoms with Crippen LogP contribution in [0.4, 0.5) is 0 Å². The zero-order chi connectivity index (χ0) is 22.4. The lowest BCUT2D eigenvalue weighted by Crippen LogP contribution is -2.22. The molecule has 4 heteroatoms. The van der Waals surface area contributed by atoms with Crippen LogP contribution in [0.2, 0.25) is 0 Å². The molecule has 0 saturated carbocycles. The minimum Gasteiger partial charge on any atom is -0.488 e. The van der Waals surface area contributed by atoms with Crippen molar-refractivity contribution >= 4 is 5.65 Å². The third-order valence-electron chi connectivity index (χ3n) is 5.27. The van der Waals surface area contributed by atoms with Crippen molar-refractivity contribution in [2.24, 2.45) is 0 Å². The Balaban J connectivity index is 1.73. The third kappa shape index (κ3) is 4.48. The van der Waals surface area contributed by atoms with Crippen LogP contribution in [0.25, 0.3) is 28.0 Å². The first-order chi connectivity index (χ1) is 14.5. The Hall–Kier alpha value is -3.14. The Morgan fingerprint density at radius 1 is 0.806 bits per heavy atom. The summed E-state index contributed by atoms with van der Waals surface area (Å²) < 4.78 is 8.11. The largest absolute Gasteiger partial charge is 0.488 e. The van der Waals surface area contributed by atoms with Crippen molar-refractivity contribution in [3.8, 4) is 28.1 Å². The number of benzene rings is 1. The van der Waals surface area contributed by atoms with Crippen LogP contribution >= 0.6 is 0 Å². The number of fused-ring (bicyclic) bond motifs is 1. The molecule has 0 radical (unpaired) electrons. The number of rotatable bonds is 3. The minimum absolute atomic E-state index is 0.0396. The number of aryl methyl sites for hydroxylation is 1. The molecule has 0 aliphatic carbocycles. The molecule has 3 heterocycles. The smallest absolute Gasteiger partial charge is 0.137 e. The molecule has 0 saturated heterocycles.